The number of hydrogen-bond donors (Lipinski definition) is 1. The standard InChI is InChI=1S/C13H14ClN3O/c1-18-11-4-2-3-10(9-11)5-7-15-12-6-8-16-13(14)17-12/h2-4,6,8-9H,5,7H2,1H3,(H,15,16,17). The van der Waals surface area contributed by atoms with Gasteiger partial charge in [0.15, 0.2) is 0 Å². The van der Waals surface area contributed by atoms with Gasteiger partial charge in [-0.3, -0.25) is 0 Å². The number of hydrogen-bond acceptors (Lipinski definition) is 4. The molecule has 0 saturated carbocycles. The fourth-order valence-electron chi connectivity index (χ4n) is 1.60. The minimum Gasteiger partial charge on any atom is -0.497 e. The van der Waals surface area contributed by atoms with E-state index in [1.165, 1.54) is 5.56 Å². The summed E-state index contributed by atoms with van der Waals surface area (Å²) in [5.74, 6) is 1.61. The van der Waals surface area contributed by atoms with Gasteiger partial charge in [-0.1, -0.05) is 12.1 Å². The Labute approximate surface area is 111 Å². The van der Waals surface area contributed by atoms with Crippen LogP contribution in [-0.2, 0) is 6.42 Å². The van der Waals surface area contributed by atoms with Crippen molar-refractivity contribution in [2.45, 2.75) is 6.42 Å². The first-order valence-electron chi connectivity index (χ1n) is 5.63. The molecule has 2 aromatic rings. The number of aromatic nitrogens is 2. The van der Waals surface area contributed by atoms with Gasteiger partial charge in [-0.05, 0) is 41.8 Å². The lowest BCUT2D eigenvalue weighted by atomic mass is 10.1. The highest BCUT2D eigenvalue weighted by molar-refractivity contribution is 6.28. The van der Waals surface area contributed by atoms with E-state index >= 15 is 0 Å². The molecule has 5 heteroatoms. The third-order valence-corrected chi connectivity index (χ3v) is 2.66. The summed E-state index contributed by atoms with van der Waals surface area (Å²) in [7, 11) is 1.67. The fraction of sp³-hybridized carbons (Fsp3) is 0.231. The van der Waals surface area contributed by atoms with Crippen LogP contribution >= 0.6 is 11.6 Å². The quantitative estimate of drug-likeness (QED) is 0.843. The molecule has 18 heavy (non-hydrogen) atoms. The van der Waals surface area contributed by atoms with Crippen LogP contribution in [0, 0.1) is 0 Å². The van der Waals surface area contributed by atoms with Gasteiger partial charge in [0, 0.05) is 12.7 Å². The van der Waals surface area contributed by atoms with Gasteiger partial charge in [0.25, 0.3) is 0 Å². The number of nitrogens with zero attached hydrogens (tertiary/aromatic N) is 2. The van der Waals surface area contributed by atoms with Crippen molar-refractivity contribution < 1.29 is 4.74 Å². The van der Waals surface area contributed by atoms with Crippen LogP contribution in [0.3, 0.4) is 0 Å². The van der Waals surface area contributed by atoms with E-state index in [-0.39, 0.29) is 5.28 Å². The van der Waals surface area contributed by atoms with Crippen molar-refractivity contribution in [3.05, 3.63) is 47.4 Å². The van der Waals surface area contributed by atoms with Crippen LogP contribution in [0.5, 0.6) is 5.75 Å². The predicted molar refractivity (Wildman–Crippen MR) is 72.2 cm³/mol. The Balaban J connectivity index is 1.88. The van der Waals surface area contributed by atoms with E-state index in [0.29, 0.717) is 0 Å². The van der Waals surface area contributed by atoms with Gasteiger partial charge in [0.2, 0.25) is 5.28 Å². The first-order valence-corrected chi connectivity index (χ1v) is 6.01. The van der Waals surface area contributed by atoms with Crippen LogP contribution in [0.1, 0.15) is 5.56 Å². The lowest BCUT2D eigenvalue weighted by molar-refractivity contribution is 0.414. The summed E-state index contributed by atoms with van der Waals surface area (Å²) in [6.45, 7) is 0.778. The summed E-state index contributed by atoms with van der Waals surface area (Å²) in [4.78, 5) is 7.88. The summed E-state index contributed by atoms with van der Waals surface area (Å²) < 4.78 is 5.18. The molecule has 0 fully saturated rings. The van der Waals surface area contributed by atoms with Gasteiger partial charge in [0.1, 0.15) is 11.6 Å². The first-order chi connectivity index (χ1) is 8.78. The number of anilines is 1. The molecule has 2 rings (SSSR count). The topological polar surface area (TPSA) is 47.0 Å². The highest BCUT2D eigenvalue weighted by Crippen LogP contribution is 2.13. The third-order valence-electron chi connectivity index (χ3n) is 2.48. The number of nitrogens with one attached hydrogen (secondary N) is 1. The van der Waals surface area contributed by atoms with Gasteiger partial charge >= 0.3 is 0 Å². The Hall–Kier alpha value is -1.81. The molecular formula is C13H14ClN3O. The van der Waals surface area contributed by atoms with E-state index in [2.05, 4.69) is 21.4 Å². The SMILES string of the molecule is COc1cccc(CCNc2ccnc(Cl)n2)c1. The van der Waals surface area contributed by atoms with E-state index < -0.39 is 0 Å². The fourth-order valence-corrected chi connectivity index (χ4v) is 1.74. The van der Waals surface area contributed by atoms with Gasteiger partial charge in [-0.25, -0.2) is 9.97 Å². The Morgan fingerprint density at radius 3 is 3.00 bits per heavy atom. The number of benzene rings is 1. The summed E-state index contributed by atoms with van der Waals surface area (Å²) in [6, 6.07) is 9.79. The van der Waals surface area contributed by atoms with E-state index in [9.17, 15) is 0 Å². The molecule has 0 aliphatic heterocycles. The molecule has 0 bridgehead atoms. The van der Waals surface area contributed by atoms with E-state index in [1.54, 1.807) is 19.4 Å². The van der Waals surface area contributed by atoms with Crippen molar-refractivity contribution in [2.24, 2.45) is 0 Å². The summed E-state index contributed by atoms with van der Waals surface area (Å²) in [5, 5.41) is 3.45. The van der Waals surface area contributed by atoms with E-state index in [4.69, 9.17) is 16.3 Å². The van der Waals surface area contributed by atoms with Crippen molar-refractivity contribution in [3.8, 4) is 5.75 Å². The highest BCUT2D eigenvalue weighted by Gasteiger charge is 1.98. The van der Waals surface area contributed by atoms with Crippen LogP contribution in [0.4, 0.5) is 5.82 Å². The zero-order chi connectivity index (χ0) is 12.8. The molecule has 0 aliphatic rings. The Kier molecular flexibility index (Phi) is 4.36. The molecule has 1 aromatic carbocycles. The van der Waals surface area contributed by atoms with Crippen molar-refractivity contribution in [1.29, 1.82) is 0 Å². The maximum absolute atomic E-state index is 5.70. The molecule has 0 spiro atoms. The monoisotopic (exact) mass is 263 g/mol. The van der Waals surface area contributed by atoms with Crippen LogP contribution in [-0.4, -0.2) is 23.6 Å². The average Bonchev–Trinajstić information content (AvgIpc) is 2.39. The number of ether oxygens (including phenoxy) is 1. The van der Waals surface area contributed by atoms with Crippen LogP contribution in [0.25, 0.3) is 0 Å². The second kappa shape index (κ2) is 6.21. The van der Waals surface area contributed by atoms with Crippen LogP contribution < -0.4 is 10.1 Å². The van der Waals surface area contributed by atoms with Crippen molar-refractivity contribution in [2.75, 3.05) is 19.0 Å². The van der Waals surface area contributed by atoms with E-state index in [1.807, 2.05) is 18.2 Å². The predicted octanol–water partition coefficient (Wildman–Crippen LogP) is 2.79. The molecule has 0 radical (unpaired) electrons. The van der Waals surface area contributed by atoms with E-state index in [0.717, 1.165) is 24.5 Å². The lowest BCUT2D eigenvalue weighted by Crippen LogP contribution is -2.06. The minimum absolute atomic E-state index is 0.251. The maximum Gasteiger partial charge on any atom is 0.224 e. The van der Waals surface area contributed by atoms with Crippen molar-refractivity contribution in [1.82, 2.24) is 9.97 Å². The molecule has 0 amide bonds. The molecule has 4 nitrogen and oxygen atoms in total. The highest BCUT2D eigenvalue weighted by atomic mass is 35.5. The number of rotatable bonds is 5. The van der Waals surface area contributed by atoms with Crippen molar-refractivity contribution >= 4 is 17.4 Å². The molecule has 1 N–H and O–H groups in total. The number of methoxy groups -OCH3 is 1. The summed E-state index contributed by atoms with van der Waals surface area (Å²) in [6.07, 6.45) is 2.52. The average molecular weight is 264 g/mol. The van der Waals surface area contributed by atoms with Crippen molar-refractivity contribution in [3.63, 3.8) is 0 Å². The number of halogens is 1. The summed E-state index contributed by atoms with van der Waals surface area (Å²) >= 11 is 5.70. The Morgan fingerprint density at radius 2 is 2.22 bits per heavy atom. The van der Waals surface area contributed by atoms with Gasteiger partial charge in [0.05, 0.1) is 7.11 Å². The van der Waals surface area contributed by atoms with Gasteiger partial charge in [-0.15, -0.1) is 0 Å². The zero-order valence-electron chi connectivity index (χ0n) is 10.1. The largest absolute Gasteiger partial charge is 0.497 e. The summed E-state index contributed by atoms with van der Waals surface area (Å²) in [5.41, 5.74) is 1.21. The second-order valence-corrected chi connectivity index (χ2v) is 4.08. The van der Waals surface area contributed by atoms with Crippen LogP contribution in [0.15, 0.2) is 36.5 Å². The molecule has 0 saturated heterocycles. The normalized spacial score (nSPS) is 10.1. The maximum atomic E-state index is 5.70. The Bertz CT molecular complexity index is 519. The Morgan fingerprint density at radius 1 is 1.33 bits per heavy atom. The zero-order valence-corrected chi connectivity index (χ0v) is 10.8. The lowest BCUT2D eigenvalue weighted by Gasteiger charge is -2.06. The minimum atomic E-state index is 0.251. The van der Waals surface area contributed by atoms with Crippen LogP contribution in [0.2, 0.25) is 5.28 Å². The third kappa shape index (κ3) is 3.60. The molecule has 0 unspecified atom stereocenters. The molecule has 1 heterocycles. The van der Waals surface area contributed by atoms with Gasteiger partial charge < -0.3 is 10.1 Å². The first kappa shape index (κ1) is 12.6. The molecule has 1 aromatic heterocycles. The molecular weight excluding hydrogens is 250 g/mol. The smallest absolute Gasteiger partial charge is 0.224 e. The molecule has 0 aliphatic carbocycles. The molecule has 94 valence electrons. The molecule has 0 atom stereocenters. The van der Waals surface area contributed by atoms with Gasteiger partial charge in [-0.2, -0.15) is 0 Å². The second-order valence-electron chi connectivity index (χ2n) is 3.74.